The summed E-state index contributed by atoms with van der Waals surface area (Å²) in [6.45, 7) is 6.90. The Balaban J connectivity index is 1.73. The number of aromatic nitrogens is 2. The van der Waals surface area contributed by atoms with Gasteiger partial charge in [0.1, 0.15) is 5.58 Å². The van der Waals surface area contributed by atoms with Crippen molar-refractivity contribution in [3.63, 3.8) is 0 Å². The molecule has 0 saturated carbocycles. The summed E-state index contributed by atoms with van der Waals surface area (Å²) in [5.41, 5.74) is 5.52. The normalized spacial score (nSPS) is 15.1. The van der Waals surface area contributed by atoms with Crippen molar-refractivity contribution < 1.29 is 11.3 Å². The molecular weight excluding hydrogens is 404 g/mol. The van der Waals surface area contributed by atoms with Crippen LogP contribution in [0.5, 0.6) is 0 Å². The van der Waals surface area contributed by atoms with E-state index < -0.39 is 18.6 Å². The van der Waals surface area contributed by atoms with Crippen LogP contribution in [0.2, 0.25) is 0 Å². The van der Waals surface area contributed by atoms with Crippen molar-refractivity contribution in [2.45, 2.75) is 47.8 Å². The summed E-state index contributed by atoms with van der Waals surface area (Å²) in [7, 11) is 0. The number of furan rings is 1. The van der Waals surface area contributed by atoms with E-state index in [1.54, 1.807) is 26.8 Å². The first kappa shape index (κ1) is 16.2. The molecule has 0 aliphatic rings. The number of nitrogens with zero attached hydrogens (tertiary/aromatic N) is 2. The van der Waals surface area contributed by atoms with Crippen LogP contribution in [-0.4, -0.2) is 9.97 Å². The van der Waals surface area contributed by atoms with Crippen molar-refractivity contribution >= 4 is 22.1 Å². The second-order valence-corrected chi connectivity index (χ2v) is 9.59. The third kappa shape index (κ3) is 3.93. The first-order chi connectivity index (χ1) is 17.7. The summed E-state index contributed by atoms with van der Waals surface area (Å²) < 4.78 is 48.0. The van der Waals surface area contributed by atoms with Gasteiger partial charge in [-0.25, -0.2) is 4.98 Å². The summed E-state index contributed by atoms with van der Waals surface area (Å²) in [6, 6.07) is 17.4. The smallest absolute Gasteiger partial charge is 0.227 e. The van der Waals surface area contributed by atoms with E-state index in [1.165, 1.54) is 6.20 Å². The zero-order valence-corrected chi connectivity index (χ0v) is 19.6. The van der Waals surface area contributed by atoms with Gasteiger partial charge in [0.05, 0.1) is 11.4 Å². The van der Waals surface area contributed by atoms with Crippen LogP contribution in [0.3, 0.4) is 0 Å². The van der Waals surface area contributed by atoms with Crippen LogP contribution < -0.4 is 0 Å². The standard InChI is InChI=1S/C30H30N2O/c1-18-9-7-10-19(2)27(18)25-14-13-23-22-11-8-12-24(28(22)33-29(23)32-25)26-15-21(16-30(4,5)6)20(3)17-31-26/h7-15,17H,16H2,1-6H3/i3D3,16D2. The molecule has 2 aromatic carbocycles. The largest absolute Gasteiger partial charge is 0.437 e. The number of pyridine rings is 2. The maximum Gasteiger partial charge on any atom is 0.227 e. The van der Waals surface area contributed by atoms with E-state index in [2.05, 4.69) is 31.0 Å². The Bertz CT molecular complexity index is 1670. The summed E-state index contributed by atoms with van der Waals surface area (Å²) in [5.74, 6) is 0. The van der Waals surface area contributed by atoms with Gasteiger partial charge < -0.3 is 4.42 Å². The van der Waals surface area contributed by atoms with Gasteiger partial charge in [0.15, 0.2) is 0 Å². The molecule has 0 aliphatic heterocycles. The van der Waals surface area contributed by atoms with Crippen LogP contribution >= 0.6 is 0 Å². The Kier molecular flexibility index (Phi) is 3.85. The molecule has 0 radical (unpaired) electrons. The maximum atomic E-state index is 8.84. The van der Waals surface area contributed by atoms with Gasteiger partial charge in [0.2, 0.25) is 5.71 Å². The minimum absolute atomic E-state index is 0.0853. The molecule has 0 unspecified atom stereocenters. The van der Waals surface area contributed by atoms with Crippen LogP contribution in [0.4, 0.5) is 0 Å². The van der Waals surface area contributed by atoms with Gasteiger partial charge in [0, 0.05) is 34.9 Å². The Morgan fingerprint density at radius 2 is 1.67 bits per heavy atom. The van der Waals surface area contributed by atoms with Gasteiger partial charge in [-0.05, 0) is 79.0 Å². The molecule has 5 aromatic rings. The maximum absolute atomic E-state index is 8.84. The highest BCUT2D eigenvalue weighted by molar-refractivity contribution is 6.08. The molecule has 0 N–H and O–H groups in total. The molecule has 0 spiro atoms. The first-order valence-electron chi connectivity index (χ1n) is 13.6. The Hall–Kier alpha value is -3.46. The molecule has 0 aliphatic carbocycles. The SMILES string of the molecule is [2H]C([2H])([2H])c1cnc(-c2cccc3c2oc2nc(-c4c(C)cccc4C)ccc23)cc1C([2H])([2H])C(C)(C)C. The number of benzene rings is 2. The van der Waals surface area contributed by atoms with E-state index in [0.717, 1.165) is 33.2 Å². The molecule has 0 amide bonds. The summed E-state index contributed by atoms with van der Waals surface area (Å²) in [4.78, 5) is 9.33. The first-order valence-corrected chi connectivity index (χ1v) is 11.1. The van der Waals surface area contributed by atoms with E-state index >= 15 is 0 Å². The van der Waals surface area contributed by atoms with Crippen LogP contribution in [0.15, 0.2) is 65.2 Å². The lowest BCUT2D eigenvalue weighted by atomic mass is 9.86. The lowest BCUT2D eigenvalue weighted by Gasteiger charge is -2.20. The third-order valence-electron chi connectivity index (χ3n) is 5.79. The van der Waals surface area contributed by atoms with E-state index in [0.29, 0.717) is 22.6 Å². The van der Waals surface area contributed by atoms with Crippen LogP contribution in [0, 0.1) is 26.1 Å². The molecule has 33 heavy (non-hydrogen) atoms. The van der Waals surface area contributed by atoms with Gasteiger partial charge in [-0.1, -0.05) is 51.1 Å². The Morgan fingerprint density at radius 1 is 0.909 bits per heavy atom. The van der Waals surface area contributed by atoms with Crippen molar-refractivity contribution in [3.05, 3.63) is 83.0 Å². The molecule has 0 atom stereocenters. The average Bonchev–Trinajstić information content (AvgIpc) is 3.20. The zero-order valence-electron chi connectivity index (χ0n) is 24.6. The molecule has 0 saturated heterocycles. The molecule has 3 heteroatoms. The van der Waals surface area contributed by atoms with Crippen LogP contribution in [0.25, 0.3) is 44.6 Å². The number of hydrogen-bond donors (Lipinski definition) is 0. The highest BCUT2D eigenvalue weighted by Crippen LogP contribution is 2.37. The fourth-order valence-electron chi connectivity index (χ4n) is 4.35. The Morgan fingerprint density at radius 3 is 2.39 bits per heavy atom. The highest BCUT2D eigenvalue weighted by Gasteiger charge is 2.18. The average molecular weight is 440 g/mol. The van der Waals surface area contributed by atoms with Crippen molar-refractivity contribution in [1.29, 1.82) is 0 Å². The van der Waals surface area contributed by atoms with Gasteiger partial charge in [-0.3, -0.25) is 4.98 Å². The van der Waals surface area contributed by atoms with Gasteiger partial charge in [0.25, 0.3) is 0 Å². The topological polar surface area (TPSA) is 38.9 Å². The zero-order chi connectivity index (χ0) is 27.6. The molecule has 3 heterocycles. The summed E-state index contributed by atoms with van der Waals surface area (Å²) in [6.07, 6.45) is -0.641. The lowest BCUT2D eigenvalue weighted by Crippen LogP contribution is -2.10. The lowest BCUT2D eigenvalue weighted by molar-refractivity contribution is 0.410. The molecule has 166 valence electrons. The quantitative estimate of drug-likeness (QED) is 0.284. The number of hydrogen-bond acceptors (Lipinski definition) is 3. The highest BCUT2D eigenvalue weighted by atomic mass is 16.3. The minimum atomic E-state index is -2.50. The Labute approximate surface area is 202 Å². The predicted octanol–water partition coefficient (Wildman–Crippen LogP) is 8.22. The molecule has 5 rings (SSSR count). The van der Waals surface area contributed by atoms with Gasteiger partial charge in [-0.2, -0.15) is 0 Å². The van der Waals surface area contributed by atoms with Crippen molar-refractivity contribution in [2.75, 3.05) is 0 Å². The molecular formula is C30H30N2O. The van der Waals surface area contributed by atoms with Crippen molar-refractivity contribution in [1.82, 2.24) is 9.97 Å². The van der Waals surface area contributed by atoms with Crippen molar-refractivity contribution in [2.24, 2.45) is 5.41 Å². The number of para-hydroxylation sites is 1. The number of fused-ring (bicyclic) bond motifs is 3. The molecule has 0 bridgehead atoms. The molecule has 3 nitrogen and oxygen atoms in total. The third-order valence-corrected chi connectivity index (χ3v) is 5.79. The van der Waals surface area contributed by atoms with E-state index in [4.69, 9.17) is 16.3 Å². The summed E-state index contributed by atoms with van der Waals surface area (Å²) >= 11 is 0. The van der Waals surface area contributed by atoms with Crippen LogP contribution in [-0.2, 0) is 6.37 Å². The van der Waals surface area contributed by atoms with Gasteiger partial charge in [-0.15, -0.1) is 0 Å². The van der Waals surface area contributed by atoms with Crippen molar-refractivity contribution in [3.8, 4) is 22.5 Å². The minimum Gasteiger partial charge on any atom is -0.437 e. The summed E-state index contributed by atoms with van der Waals surface area (Å²) in [5, 5.41) is 1.72. The molecule has 3 aromatic heterocycles. The second kappa shape index (κ2) is 7.84. The monoisotopic (exact) mass is 439 g/mol. The van der Waals surface area contributed by atoms with Gasteiger partial charge >= 0.3 is 0 Å². The van der Waals surface area contributed by atoms with Crippen LogP contribution in [0.1, 0.15) is 49.9 Å². The number of rotatable bonds is 3. The number of aryl methyl sites for hydroxylation is 3. The fourth-order valence-corrected chi connectivity index (χ4v) is 4.35. The molecule has 0 fully saturated rings. The second-order valence-electron chi connectivity index (χ2n) is 9.59. The fraction of sp³-hybridized carbons (Fsp3) is 0.267. The van der Waals surface area contributed by atoms with E-state index in [-0.39, 0.29) is 11.1 Å². The van der Waals surface area contributed by atoms with E-state index in [1.807, 2.05) is 36.4 Å². The predicted molar refractivity (Wildman–Crippen MR) is 138 cm³/mol. The van der Waals surface area contributed by atoms with E-state index in [9.17, 15) is 0 Å².